The maximum Gasteiger partial charge on any atom is 0.417 e. The fourth-order valence-corrected chi connectivity index (χ4v) is 2.63. The second kappa shape index (κ2) is 7.68. The molecule has 1 aliphatic rings. The van der Waals surface area contributed by atoms with Crippen molar-refractivity contribution in [3.8, 4) is 0 Å². The fraction of sp³-hybridized carbons (Fsp3) is 0.294. The van der Waals surface area contributed by atoms with Crippen LogP contribution < -0.4 is 4.90 Å². The van der Waals surface area contributed by atoms with Gasteiger partial charge in [-0.05, 0) is 6.07 Å². The molecule has 1 aromatic carbocycles. The Kier molecular flexibility index (Phi) is 5.61. The summed E-state index contributed by atoms with van der Waals surface area (Å²) < 4.78 is 19.3. The van der Waals surface area contributed by atoms with Crippen LogP contribution in [-0.4, -0.2) is 51.6 Å². The third kappa shape index (κ3) is 3.23. The molecule has 1 aliphatic heterocycles. The van der Waals surface area contributed by atoms with Gasteiger partial charge in [0.2, 0.25) is 6.23 Å². The zero-order valence-corrected chi connectivity index (χ0v) is 14.6. The van der Waals surface area contributed by atoms with Crippen molar-refractivity contribution in [2.45, 2.75) is 13.2 Å². The van der Waals surface area contributed by atoms with Gasteiger partial charge in [-0.1, -0.05) is 18.2 Å². The summed E-state index contributed by atoms with van der Waals surface area (Å²) in [5, 5.41) is 0. The average molecular weight is 363 g/mol. The molecule has 0 bridgehead atoms. The summed E-state index contributed by atoms with van der Waals surface area (Å²) in [6.45, 7) is 1.13. The van der Waals surface area contributed by atoms with E-state index < -0.39 is 35.8 Å². The summed E-state index contributed by atoms with van der Waals surface area (Å²) in [5.41, 5.74) is 0.112. The number of methoxy groups -OCH3 is 3. The third-order valence-electron chi connectivity index (χ3n) is 3.63. The molecule has 9 heteroatoms. The predicted octanol–water partition coefficient (Wildman–Crippen LogP) is 1.26. The first-order valence-electron chi connectivity index (χ1n) is 7.41. The average Bonchev–Trinajstić information content (AvgIpc) is 2.94. The highest BCUT2D eigenvalue weighted by atomic mass is 16.6. The molecule has 0 spiro atoms. The summed E-state index contributed by atoms with van der Waals surface area (Å²) in [6.07, 6.45) is -2.24. The molecule has 26 heavy (non-hydrogen) atoms. The van der Waals surface area contributed by atoms with E-state index in [2.05, 4.69) is 9.47 Å². The lowest BCUT2D eigenvalue weighted by molar-refractivity contribution is -0.146. The number of ether oxygens (including phenoxy) is 4. The first-order valence-corrected chi connectivity index (χ1v) is 7.41. The van der Waals surface area contributed by atoms with Crippen LogP contribution >= 0.6 is 0 Å². The van der Waals surface area contributed by atoms with Crippen LogP contribution in [0.5, 0.6) is 0 Å². The Balaban J connectivity index is 2.84. The molecule has 1 unspecified atom stereocenters. The number of hydrogen-bond donors (Lipinski definition) is 0. The van der Waals surface area contributed by atoms with E-state index in [-0.39, 0.29) is 5.57 Å². The van der Waals surface area contributed by atoms with Gasteiger partial charge in [-0.25, -0.2) is 19.3 Å². The van der Waals surface area contributed by atoms with Crippen molar-refractivity contribution < 1.29 is 38.1 Å². The van der Waals surface area contributed by atoms with Crippen LogP contribution in [0.4, 0.5) is 10.5 Å². The van der Waals surface area contributed by atoms with Crippen LogP contribution in [-0.2, 0) is 33.3 Å². The van der Waals surface area contributed by atoms with E-state index in [0.717, 1.165) is 33.2 Å². The maximum absolute atomic E-state index is 12.3. The van der Waals surface area contributed by atoms with Gasteiger partial charge in [-0.2, -0.15) is 0 Å². The van der Waals surface area contributed by atoms with Crippen LogP contribution in [0.2, 0.25) is 0 Å². The summed E-state index contributed by atoms with van der Waals surface area (Å²) in [7, 11) is 3.33. The minimum atomic E-state index is -1.40. The minimum absolute atomic E-state index is 0.0279. The Hall–Kier alpha value is -3.36. The zero-order chi connectivity index (χ0) is 19.4. The highest BCUT2D eigenvalue weighted by Gasteiger charge is 2.45. The second-order valence-corrected chi connectivity index (χ2v) is 5.09. The van der Waals surface area contributed by atoms with Crippen LogP contribution in [0.1, 0.15) is 12.5 Å². The number of carbonyl (C=O) groups is 4. The van der Waals surface area contributed by atoms with Crippen molar-refractivity contribution in [3.05, 3.63) is 35.4 Å². The number of para-hydroxylation sites is 1. The van der Waals surface area contributed by atoms with Crippen molar-refractivity contribution in [3.63, 3.8) is 0 Å². The van der Waals surface area contributed by atoms with Gasteiger partial charge < -0.3 is 18.9 Å². The molecule has 9 nitrogen and oxygen atoms in total. The quantitative estimate of drug-likeness (QED) is 0.260. The fourth-order valence-electron chi connectivity index (χ4n) is 2.63. The van der Waals surface area contributed by atoms with E-state index >= 15 is 0 Å². The summed E-state index contributed by atoms with van der Waals surface area (Å²) in [6, 6.07) is 6.40. The van der Waals surface area contributed by atoms with Crippen molar-refractivity contribution in [2.75, 3.05) is 26.2 Å². The number of esters is 3. The Morgan fingerprint density at radius 1 is 0.923 bits per heavy atom. The highest BCUT2D eigenvalue weighted by molar-refractivity contribution is 6.22. The van der Waals surface area contributed by atoms with Gasteiger partial charge in [0, 0.05) is 18.1 Å². The highest BCUT2D eigenvalue weighted by Crippen LogP contribution is 2.43. The lowest BCUT2D eigenvalue weighted by Crippen LogP contribution is -2.40. The molecule has 1 heterocycles. The third-order valence-corrected chi connectivity index (χ3v) is 3.63. The number of hydrogen-bond acceptors (Lipinski definition) is 8. The van der Waals surface area contributed by atoms with Crippen molar-refractivity contribution in [1.82, 2.24) is 0 Å². The van der Waals surface area contributed by atoms with Gasteiger partial charge >= 0.3 is 24.0 Å². The van der Waals surface area contributed by atoms with Gasteiger partial charge in [-0.3, -0.25) is 4.79 Å². The number of anilines is 1. The van der Waals surface area contributed by atoms with E-state index in [1.807, 2.05) is 0 Å². The van der Waals surface area contributed by atoms with Gasteiger partial charge in [0.05, 0.1) is 27.0 Å². The van der Waals surface area contributed by atoms with Crippen molar-refractivity contribution >= 4 is 35.3 Å². The van der Waals surface area contributed by atoms with Gasteiger partial charge in [-0.15, -0.1) is 0 Å². The molecule has 0 saturated carbocycles. The maximum atomic E-state index is 12.3. The number of rotatable bonds is 3. The van der Waals surface area contributed by atoms with E-state index in [0.29, 0.717) is 11.3 Å². The Bertz CT molecular complexity index is 780. The number of amides is 1. The summed E-state index contributed by atoms with van der Waals surface area (Å²) in [4.78, 5) is 49.4. The molecule has 138 valence electrons. The van der Waals surface area contributed by atoms with Crippen LogP contribution in [0, 0.1) is 0 Å². The molecule has 0 fully saturated rings. The molecule has 1 atom stereocenters. The number of fused-ring (bicyclic) bond motifs is 1. The Morgan fingerprint density at radius 3 is 2.00 bits per heavy atom. The van der Waals surface area contributed by atoms with Crippen LogP contribution in [0.15, 0.2) is 29.8 Å². The molecular formula is C17H17NO8. The molecule has 0 aromatic heterocycles. The lowest BCUT2D eigenvalue weighted by Gasteiger charge is -2.24. The van der Waals surface area contributed by atoms with E-state index in [4.69, 9.17) is 9.47 Å². The number of benzene rings is 1. The minimum Gasteiger partial charge on any atom is -0.465 e. The molecular weight excluding hydrogens is 346 g/mol. The van der Waals surface area contributed by atoms with E-state index in [9.17, 15) is 19.2 Å². The molecule has 0 aliphatic carbocycles. The Labute approximate surface area is 149 Å². The van der Waals surface area contributed by atoms with Crippen LogP contribution in [0.3, 0.4) is 0 Å². The zero-order valence-electron chi connectivity index (χ0n) is 14.6. The first kappa shape index (κ1) is 19.0. The van der Waals surface area contributed by atoms with Crippen LogP contribution in [0.25, 0.3) is 5.57 Å². The SMILES string of the molecule is COC(=O)C(C(=O)OC)=C1c2ccccc2N(C(=O)OC)C1OC(C)=O. The van der Waals surface area contributed by atoms with Crippen molar-refractivity contribution in [1.29, 1.82) is 0 Å². The van der Waals surface area contributed by atoms with Crippen molar-refractivity contribution in [2.24, 2.45) is 0 Å². The number of carbonyl (C=O) groups excluding carboxylic acids is 4. The normalized spacial score (nSPS) is 15.0. The summed E-state index contributed by atoms with van der Waals surface area (Å²) in [5.74, 6) is -2.72. The number of nitrogens with zero attached hydrogens (tertiary/aromatic N) is 1. The molecule has 0 radical (unpaired) electrons. The van der Waals surface area contributed by atoms with Gasteiger partial charge in [0.15, 0.2) is 5.57 Å². The van der Waals surface area contributed by atoms with Gasteiger partial charge in [0.25, 0.3) is 0 Å². The largest absolute Gasteiger partial charge is 0.465 e. The summed E-state index contributed by atoms with van der Waals surface area (Å²) >= 11 is 0. The lowest BCUT2D eigenvalue weighted by atomic mass is 10.0. The molecule has 0 saturated heterocycles. The van der Waals surface area contributed by atoms with E-state index in [1.54, 1.807) is 24.3 Å². The van der Waals surface area contributed by atoms with E-state index in [1.165, 1.54) is 0 Å². The van der Waals surface area contributed by atoms with Gasteiger partial charge in [0.1, 0.15) is 0 Å². The monoisotopic (exact) mass is 363 g/mol. The smallest absolute Gasteiger partial charge is 0.417 e. The standard InChI is InChI=1S/C17H17NO8/c1-9(19)26-14-12(13(15(20)23-2)16(21)24-3)10-7-5-6-8-11(10)18(14)17(22)25-4/h5-8,14H,1-4H3. The molecule has 1 amide bonds. The first-order chi connectivity index (χ1) is 12.4. The second-order valence-electron chi connectivity index (χ2n) is 5.09. The molecule has 0 N–H and O–H groups in total. The molecule has 1 aromatic rings. The molecule has 2 rings (SSSR count). The predicted molar refractivity (Wildman–Crippen MR) is 87.8 cm³/mol. The Morgan fingerprint density at radius 2 is 1.50 bits per heavy atom. The topological polar surface area (TPSA) is 108 Å².